The van der Waals surface area contributed by atoms with Gasteiger partial charge in [-0.2, -0.15) is 0 Å². The van der Waals surface area contributed by atoms with E-state index in [1.54, 1.807) is 0 Å². The molecule has 0 radical (unpaired) electrons. The van der Waals surface area contributed by atoms with Crippen molar-refractivity contribution in [3.8, 4) is 0 Å². The first-order valence-electron chi connectivity index (χ1n) is 3.98. The second-order valence-corrected chi connectivity index (χ2v) is 4.31. The van der Waals surface area contributed by atoms with Crippen molar-refractivity contribution < 1.29 is 25.5 Å². The van der Waals surface area contributed by atoms with Gasteiger partial charge in [-0.1, -0.05) is 15.9 Å². The van der Waals surface area contributed by atoms with E-state index < -0.39 is 41.8 Å². The van der Waals surface area contributed by atoms with E-state index in [-0.39, 0.29) is 0 Å². The van der Waals surface area contributed by atoms with Gasteiger partial charge < -0.3 is 25.5 Å². The van der Waals surface area contributed by atoms with Crippen molar-refractivity contribution in [2.24, 2.45) is 5.92 Å². The summed E-state index contributed by atoms with van der Waals surface area (Å²) < 4.78 is 0. The van der Waals surface area contributed by atoms with Gasteiger partial charge >= 0.3 is 0 Å². The molecule has 5 N–H and O–H groups in total. The zero-order valence-corrected chi connectivity index (χ0v) is 8.37. The average molecular weight is 257 g/mol. The summed E-state index contributed by atoms with van der Waals surface area (Å²) in [6.07, 6.45) is -4.94. The number of rotatable bonds is 1. The fourth-order valence-corrected chi connectivity index (χ4v) is 2.20. The van der Waals surface area contributed by atoms with Gasteiger partial charge in [-0.15, -0.1) is 0 Å². The van der Waals surface area contributed by atoms with E-state index in [0.717, 1.165) is 0 Å². The molecule has 0 unspecified atom stereocenters. The van der Waals surface area contributed by atoms with Crippen molar-refractivity contribution in [2.75, 3.05) is 6.61 Å². The molecular weight excluding hydrogens is 244 g/mol. The largest absolute Gasteiger partial charge is 0.396 e. The first kappa shape index (κ1) is 11.4. The Morgan fingerprint density at radius 1 is 0.846 bits per heavy atom. The number of hydrogen-bond donors (Lipinski definition) is 5. The number of alkyl halides is 1. The lowest BCUT2D eigenvalue weighted by Crippen LogP contribution is -2.59. The summed E-state index contributed by atoms with van der Waals surface area (Å²) in [6, 6.07) is 0. The van der Waals surface area contributed by atoms with Crippen LogP contribution < -0.4 is 0 Å². The molecule has 5 nitrogen and oxygen atoms in total. The van der Waals surface area contributed by atoms with Gasteiger partial charge in [-0.3, -0.25) is 0 Å². The predicted octanol–water partition coefficient (Wildman–Crippen LogP) is -2.18. The van der Waals surface area contributed by atoms with Crippen LogP contribution in [-0.4, -0.2) is 61.4 Å². The van der Waals surface area contributed by atoms with Crippen molar-refractivity contribution in [1.82, 2.24) is 0 Å². The maximum Gasteiger partial charge on any atom is 0.107 e. The van der Waals surface area contributed by atoms with E-state index in [2.05, 4.69) is 15.9 Å². The SMILES string of the molecule is OC[C@@H]1[C@@H](O)[C@H](O)[C@@H](O)[C@@H](Br)[C@@H]1O. The second-order valence-electron chi connectivity index (χ2n) is 3.25. The molecular formula is C7H13BrO5. The molecule has 0 aliphatic heterocycles. The lowest BCUT2D eigenvalue weighted by molar-refractivity contribution is -0.152. The Bertz CT molecular complexity index is 162. The van der Waals surface area contributed by atoms with Gasteiger partial charge in [-0.25, -0.2) is 0 Å². The minimum Gasteiger partial charge on any atom is -0.396 e. The topological polar surface area (TPSA) is 101 Å². The quantitative estimate of drug-likeness (QED) is 0.344. The fraction of sp³-hybridized carbons (Fsp3) is 1.00. The molecule has 0 amide bonds. The highest BCUT2D eigenvalue weighted by Gasteiger charge is 2.47. The van der Waals surface area contributed by atoms with Crippen LogP contribution in [0, 0.1) is 5.92 Å². The van der Waals surface area contributed by atoms with Crippen LogP contribution in [0.25, 0.3) is 0 Å². The third-order valence-corrected chi connectivity index (χ3v) is 3.52. The molecule has 1 aliphatic carbocycles. The van der Waals surface area contributed by atoms with Gasteiger partial charge in [0.1, 0.15) is 6.10 Å². The Labute approximate surface area is 83.8 Å². The molecule has 0 bridgehead atoms. The normalized spacial score (nSPS) is 52.2. The van der Waals surface area contributed by atoms with E-state index in [1.807, 2.05) is 0 Å². The number of aliphatic hydroxyl groups excluding tert-OH is 5. The highest BCUT2D eigenvalue weighted by molar-refractivity contribution is 9.09. The summed E-state index contributed by atoms with van der Waals surface area (Å²) >= 11 is 2.99. The third-order valence-electron chi connectivity index (χ3n) is 2.44. The van der Waals surface area contributed by atoms with Crippen molar-refractivity contribution in [3.63, 3.8) is 0 Å². The van der Waals surface area contributed by atoms with Crippen LogP contribution in [0.2, 0.25) is 0 Å². The second kappa shape index (κ2) is 4.20. The molecule has 78 valence electrons. The lowest BCUT2D eigenvalue weighted by Gasteiger charge is -2.41. The van der Waals surface area contributed by atoms with Gasteiger partial charge in [0.2, 0.25) is 0 Å². The van der Waals surface area contributed by atoms with Crippen LogP contribution in [0.15, 0.2) is 0 Å². The smallest absolute Gasteiger partial charge is 0.107 e. The average Bonchev–Trinajstić information content (AvgIpc) is 2.13. The number of hydrogen-bond acceptors (Lipinski definition) is 5. The van der Waals surface area contributed by atoms with Crippen molar-refractivity contribution >= 4 is 15.9 Å². The Balaban J connectivity index is 2.79. The molecule has 0 aromatic rings. The first-order chi connectivity index (χ1) is 6.00. The van der Waals surface area contributed by atoms with E-state index in [1.165, 1.54) is 0 Å². The van der Waals surface area contributed by atoms with Crippen LogP contribution in [0.4, 0.5) is 0 Å². The Kier molecular flexibility index (Phi) is 3.67. The molecule has 13 heavy (non-hydrogen) atoms. The molecule has 1 rings (SSSR count). The Morgan fingerprint density at radius 3 is 1.85 bits per heavy atom. The fourth-order valence-electron chi connectivity index (χ4n) is 1.50. The Morgan fingerprint density at radius 2 is 1.38 bits per heavy atom. The predicted molar refractivity (Wildman–Crippen MR) is 47.3 cm³/mol. The zero-order chi connectivity index (χ0) is 10.2. The van der Waals surface area contributed by atoms with Crippen LogP contribution in [0.5, 0.6) is 0 Å². The summed E-state index contributed by atoms with van der Waals surface area (Å²) in [7, 11) is 0. The summed E-state index contributed by atoms with van der Waals surface area (Å²) in [5.74, 6) is -0.831. The molecule has 0 spiro atoms. The maximum absolute atomic E-state index is 9.46. The van der Waals surface area contributed by atoms with Crippen LogP contribution >= 0.6 is 15.9 Å². The molecule has 1 aliphatic rings. The van der Waals surface area contributed by atoms with E-state index in [0.29, 0.717) is 0 Å². The van der Waals surface area contributed by atoms with Crippen molar-refractivity contribution in [2.45, 2.75) is 29.2 Å². The van der Waals surface area contributed by atoms with Gasteiger partial charge in [-0.05, 0) is 0 Å². The van der Waals surface area contributed by atoms with Gasteiger partial charge in [0.25, 0.3) is 0 Å². The van der Waals surface area contributed by atoms with E-state index in [9.17, 15) is 20.4 Å². The highest BCUT2D eigenvalue weighted by Crippen LogP contribution is 2.30. The summed E-state index contributed by atoms with van der Waals surface area (Å²) in [6.45, 7) is -0.436. The highest BCUT2D eigenvalue weighted by atomic mass is 79.9. The van der Waals surface area contributed by atoms with Gasteiger partial charge in [0.05, 0.1) is 29.7 Å². The molecule has 0 aromatic heterocycles. The number of aliphatic hydroxyl groups is 5. The molecule has 0 aromatic carbocycles. The molecule has 1 saturated carbocycles. The Hall–Kier alpha value is 0.280. The zero-order valence-electron chi connectivity index (χ0n) is 6.79. The van der Waals surface area contributed by atoms with E-state index >= 15 is 0 Å². The molecule has 6 atom stereocenters. The van der Waals surface area contributed by atoms with Gasteiger partial charge in [0.15, 0.2) is 0 Å². The maximum atomic E-state index is 9.46. The lowest BCUT2D eigenvalue weighted by atomic mass is 9.81. The van der Waals surface area contributed by atoms with Gasteiger partial charge in [0, 0.05) is 5.92 Å². The summed E-state index contributed by atoms with van der Waals surface area (Å²) in [5.41, 5.74) is 0. The molecule has 1 fully saturated rings. The standard InChI is InChI=1S/C7H13BrO5/c8-3-4(10)2(1-9)5(11)7(13)6(3)12/h2-7,9-13H,1H2/t2-,3-,4+,5+,6-,7-/m0/s1. The minimum atomic E-state index is -1.34. The number of halogens is 1. The monoisotopic (exact) mass is 256 g/mol. The van der Waals surface area contributed by atoms with E-state index in [4.69, 9.17) is 5.11 Å². The first-order valence-corrected chi connectivity index (χ1v) is 4.89. The van der Waals surface area contributed by atoms with Crippen LogP contribution in [-0.2, 0) is 0 Å². The third kappa shape index (κ3) is 1.88. The molecule has 0 saturated heterocycles. The van der Waals surface area contributed by atoms with Crippen LogP contribution in [0.3, 0.4) is 0 Å². The van der Waals surface area contributed by atoms with Crippen molar-refractivity contribution in [1.29, 1.82) is 0 Å². The molecule has 0 heterocycles. The molecule has 6 heteroatoms. The van der Waals surface area contributed by atoms with Crippen molar-refractivity contribution in [3.05, 3.63) is 0 Å². The van der Waals surface area contributed by atoms with Crippen LogP contribution in [0.1, 0.15) is 0 Å². The minimum absolute atomic E-state index is 0.436. The summed E-state index contributed by atoms with van der Waals surface area (Å²) in [4.78, 5) is -0.733. The summed E-state index contributed by atoms with van der Waals surface area (Å²) in [5, 5.41) is 46.2.